The number of amides is 1. The highest BCUT2D eigenvalue weighted by Crippen LogP contribution is 2.30. The Labute approximate surface area is 184 Å². The summed E-state index contributed by atoms with van der Waals surface area (Å²) in [5, 5.41) is 7.49. The third-order valence-electron chi connectivity index (χ3n) is 4.36. The fraction of sp³-hybridized carbons (Fsp3) is 0.182. The van der Waals surface area contributed by atoms with Crippen LogP contribution in [0.4, 0.5) is 5.69 Å². The topological polar surface area (TPSA) is 73.6 Å². The Morgan fingerprint density at radius 3 is 2.63 bits per heavy atom. The Morgan fingerprint density at radius 1 is 1.17 bits per heavy atom. The SMILES string of the molecule is COc1cc(/C=C/C(=O)Nc2ccc(Cl)cc2Cl)ccc1OCc1c(C)noc1C. The minimum Gasteiger partial charge on any atom is -0.493 e. The number of anilines is 1. The first-order valence-electron chi connectivity index (χ1n) is 9.04. The molecule has 0 saturated carbocycles. The van der Waals surface area contributed by atoms with E-state index in [9.17, 15) is 4.79 Å². The molecule has 2 aromatic carbocycles. The second kappa shape index (κ2) is 9.69. The lowest BCUT2D eigenvalue weighted by molar-refractivity contribution is -0.111. The molecule has 156 valence electrons. The van der Waals surface area contributed by atoms with Gasteiger partial charge in [-0.25, -0.2) is 0 Å². The van der Waals surface area contributed by atoms with E-state index in [0.29, 0.717) is 33.8 Å². The number of nitrogens with one attached hydrogen (secondary N) is 1. The van der Waals surface area contributed by atoms with Crippen molar-refractivity contribution < 1.29 is 18.8 Å². The molecule has 1 heterocycles. The number of benzene rings is 2. The average molecular weight is 447 g/mol. The van der Waals surface area contributed by atoms with Crippen molar-refractivity contribution in [3.8, 4) is 11.5 Å². The lowest BCUT2D eigenvalue weighted by Gasteiger charge is -2.11. The van der Waals surface area contributed by atoms with Crippen LogP contribution in [0.5, 0.6) is 11.5 Å². The molecule has 0 unspecified atom stereocenters. The highest BCUT2D eigenvalue weighted by molar-refractivity contribution is 6.36. The molecule has 0 atom stereocenters. The second-order valence-electron chi connectivity index (χ2n) is 6.45. The van der Waals surface area contributed by atoms with Gasteiger partial charge in [0, 0.05) is 11.1 Å². The fourth-order valence-corrected chi connectivity index (χ4v) is 3.16. The molecular formula is C22H20Cl2N2O4. The fourth-order valence-electron chi connectivity index (χ4n) is 2.70. The van der Waals surface area contributed by atoms with Crippen molar-refractivity contribution in [1.29, 1.82) is 0 Å². The van der Waals surface area contributed by atoms with Crippen molar-refractivity contribution in [2.75, 3.05) is 12.4 Å². The average Bonchev–Trinajstić information content (AvgIpc) is 3.04. The number of methoxy groups -OCH3 is 1. The van der Waals surface area contributed by atoms with Gasteiger partial charge in [0.05, 0.1) is 29.1 Å². The van der Waals surface area contributed by atoms with Crippen molar-refractivity contribution in [2.24, 2.45) is 0 Å². The molecule has 1 amide bonds. The van der Waals surface area contributed by atoms with Crippen LogP contribution in [-0.2, 0) is 11.4 Å². The van der Waals surface area contributed by atoms with Crippen LogP contribution in [0.1, 0.15) is 22.6 Å². The normalized spacial score (nSPS) is 11.0. The number of aryl methyl sites for hydroxylation is 2. The Hall–Kier alpha value is -2.96. The molecule has 1 aromatic heterocycles. The minimum absolute atomic E-state index is 0.316. The highest BCUT2D eigenvalue weighted by atomic mass is 35.5. The van der Waals surface area contributed by atoms with E-state index in [4.69, 9.17) is 37.2 Å². The third kappa shape index (κ3) is 5.34. The maximum Gasteiger partial charge on any atom is 0.248 e. The van der Waals surface area contributed by atoms with Crippen LogP contribution in [0.15, 0.2) is 47.0 Å². The van der Waals surface area contributed by atoms with Crippen molar-refractivity contribution in [2.45, 2.75) is 20.5 Å². The standard InChI is InChI=1S/C22H20Cl2N2O4/c1-13-17(14(2)30-26-13)12-29-20-8-4-15(10-21(20)28-3)5-9-22(27)25-19-7-6-16(23)11-18(19)24/h4-11H,12H2,1-3H3,(H,25,27)/b9-5+. The number of carbonyl (C=O) groups is 1. The van der Waals surface area contributed by atoms with Gasteiger partial charge in [0.15, 0.2) is 11.5 Å². The van der Waals surface area contributed by atoms with Gasteiger partial charge in [-0.3, -0.25) is 4.79 Å². The summed E-state index contributed by atoms with van der Waals surface area (Å²) in [7, 11) is 1.56. The number of hydrogen-bond donors (Lipinski definition) is 1. The molecular weight excluding hydrogens is 427 g/mol. The van der Waals surface area contributed by atoms with Gasteiger partial charge in [-0.1, -0.05) is 34.4 Å². The Kier molecular flexibility index (Phi) is 7.03. The summed E-state index contributed by atoms with van der Waals surface area (Å²) in [5.41, 5.74) is 2.95. The third-order valence-corrected chi connectivity index (χ3v) is 4.90. The van der Waals surface area contributed by atoms with E-state index in [1.807, 2.05) is 19.9 Å². The molecule has 0 bridgehead atoms. The van der Waals surface area contributed by atoms with Gasteiger partial charge in [-0.2, -0.15) is 0 Å². The van der Waals surface area contributed by atoms with E-state index in [1.54, 1.807) is 43.5 Å². The first-order chi connectivity index (χ1) is 14.4. The van der Waals surface area contributed by atoms with Gasteiger partial charge in [0.2, 0.25) is 5.91 Å². The van der Waals surface area contributed by atoms with Crippen molar-refractivity contribution >= 4 is 40.9 Å². The van der Waals surface area contributed by atoms with Crippen LogP contribution in [-0.4, -0.2) is 18.2 Å². The molecule has 0 spiro atoms. The van der Waals surface area contributed by atoms with E-state index >= 15 is 0 Å². The van der Waals surface area contributed by atoms with Gasteiger partial charge in [-0.05, 0) is 55.8 Å². The lowest BCUT2D eigenvalue weighted by atomic mass is 10.1. The van der Waals surface area contributed by atoms with Crippen LogP contribution in [0, 0.1) is 13.8 Å². The minimum atomic E-state index is -0.322. The number of nitrogens with zero attached hydrogens (tertiary/aromatic N) is 1. The van der Waals surface area contributed by atoms with Gasteiger partial charge in [-0.15, -0.1) is 0 Å². The number of ether oxygens (including phenoxy) is 2. The Balaban J connectivity index is 1.67. The monoisotopic (exact) mass is 446 g/mol. The predicted molar refractivity (Wildman–Crippen MR) is 117 cm³/mol. The zero-order chi connectivity index (χ0) is 21.7. The molecule has 0 aliphatic rings. The first-order valence-corrected chi connectivity index (χ1v) is 9.79. The van der Waals surface area contributed by atoms with Crippen LogP contribution >= 0.6 is 23.2 Å². The molecule has 1 N–H and O–H groups in total. The second-order valence-corrected chi connectivity index (χ2v) is 7.29. The molecule has 0 aliphatic heterocycles. The van der Waals surface area contributed by atoms with Gasteiger partial charge < -0.3 is 19.3 Å². The Morgan fingerprint density at radius 2 is 1.97 bits per heavy atom. The molecule has 0 radical (unpaired) electrons. The summed E-state index contributed by atoms with van der Waals surface area (Å²) in [5.74, 6) is 1.52. The quantitative estimate of drug-likeness (QED) is 0.461. The molecule has 30 heavy (non-hydrogen) atoms. The van der Waals surface area contributed by atoms with E-state index in [-0.39, 0.29) is 5.91 Å². The zero-order valence-corrected chi connectivity index (χ0v) is 18.2. The van der Waals surface area contributed by atoms with Crippen molar-refractivity contribution in [3.05, 3.63) is 75.1 Å². The maximum atomic E-state index is 12.2. The highest BCUT2D eigenvalue weighted by Gasteiger charge is 2.12. The lowest BCUT2D eigenvalue weighted by Crippen LogP contribution is -2.08. The molecule has 0 aliphatic carbocycles. The van der Waals surface area contributed by atoms with Gasteiger partial charge in [0.1, 0.15) is 12.4 Å². The van der Waals surface area contributed by atoms with Gasteiger partial charge >= 0.3 is 0 Å². The summed E-state index contributed by atoms with van der Waals surface area (Å²) >= 11 is 11.9. The van der Waals surface area contributed by atoms with Crippen LogP contribution < -0.4 is 14.8 Å². The smallest absolute Gasteiger partial charge is 0.248 e. The molecule has 0 saturated heterocycles. The van der Waals surface area contributed by atoms with Crippen LogP contribution in [0.2, 0.25) is 10.0 Å². The summed E-state index contributed by atoms with van der Waals surface area (Å²) in [6.45, 7) is 4.02. The molecule has 0 fully saturated rings. The van der Waals surface area contributed by atoms with Gasteiger partial charge in [0.25, 0.3) is 0 Å². The summed E-state index contributed by atoms with van der Waals surface area (Å²) in [4.78, 5) is 12.2. The zero-order valence-electron chi connectivity index (χ0n) is 16.7. The largest absolute Gasteiger partial charge is 0.493 e. The van der Waals surface area contributed by atoms with E-state index in [1.165, 1.54) is 6.08 Å². The summed E-state index contributed by atoms with van der Waals surface area (Å²) < 4.78 is 16.4. The first kappa shape index (κ1) is 21.7. The van der Waals surface area contributed by atoms with E-state index in [0.717, 1.165) is 22.6 Å². The van der Waals surface area contributed by atoms with E-state index < -0.39 is 0 Å². The maximum absolute atomic E-state index is 12.2. The molecule has 3 rings (SSSR count). The van der Waals surface area contributed by atoms with Crippen molar-refractivity contribution in [3.63, 3.8) is 0 Å². The van der Waals surface area contributed by atoms with Crippen LogP contribution in [0.3, 0.4) is 0 Å². The van der Waals surface area contributed by atoms with E-state index in [2.05, 4.69) is 10.5 Å². The number of aromatic nitrogens is 1. The summed E-state index contributed by atoms with van der Waals surface area (Å²) in [6.07, 6.45) is 3.07. The molecule has 3 aromatic rings. The predicted octanol–water partition coefficient (Wildman–Crippen LogP) is 5.84. The molecule has 8 heteroatoms. The summed E-state index contributed by atoms with van der Waals surface area (Å²) in [6, 6.07) is 10.2. The van der Waals surface area contributed by atoms with Crippen LogP contribution in [0.25, 0.3) is 6.08 Å². The molecule has 6 nitrogen and oxygen atoms in total. The number of rotatable bonds is 7. The van der Waals surface area contributed by atoms with Crippen molar-refractivity contribution in [1.82, 2.24) is 5.16 Å². The number of carbonyl (C=O) groups excluding carboxylic acids is 1. The number of halogens is 2. The Bertz CT molecular complexity index is 1070. The number of hydrogen-bond acceptors (Lipinski definition) is 5.